The quantitative estimate of drug-likeness (QED) is 0.785. The zero-order valence-electron chi connectivity index (χ0n) is 13.6. The Morgan fingerprint density at radius 1 is 1.30 bits per heavy atom. The molecule has 7 heteroatoms. The van der Waals surface area contributed by atoms with Gasteiger partial charge in [0.1, 0.15) is 0 Å². The van der Waals surface area contributed by atoms with Crippen LogP contribution in [-0.2, 0) is 14.3 Å². The molecule has 1 saturated heterocycles. The van der Waals surface area contributed by atoms with Crippen LogP contribution in [0.2, 0.25) is 0 Å². The standard InChI is InChI=1S/C16H24N4O3/c1-12(16(17)22)19(2)11-15(21)18-13-3-5-14(6-4-13)20-7-9-23-10-8-20/h3-6,12H,7-11H2,1-2H3,(H2,17,22)(H,18,21). The maximum Gasteiger partial charge on any atom is 0.238 e. The molecule has 1 aliphatic rings. The number of ether oxygens (including phenoxy) is 1. The first kappa shape index (κ1) is 17.2. The van der Waals surface area contributed by atoms with E-state index in [1.54, 1.807) is 18.9 Å². The number of nitrogens with zero attached hydrogens (tertiary/aromatic N) is 2. The SMILES string of the molecule is CC(C(N)=O)N(C)CC(=O)Nc1ccc(N2CCOCC2)cc1. The van der Waals surface area contributed by atoms with Crippen molar-refractivity contribution in [3.8, 4) is 0 Å². The van der Waals surface area contributed by atoms with Gasteiger partial charge in [0.05, 0.1) is 25.8 Å². The van der Waals surface area contributed by atoms with Crippen LogP contribution in [0.3, 0.4) is 0 Å². The minimum atomic E-state index is -0.482. The maximum absolute atomic E-state index is 12.0. The number of hydrogen-bond acceptors (Lipinski definition) is 5. The molecule has 23 heavy (non-hydrogen) atoms. The number of benzene rings is 1. The highest BCUT2D eigenvalue weighted by molar-refractivity contribution is 5.93. The summed E-state index contributed by atoms with van der Waals surface area (Å²) in [6.45, 7) is 5.01. The second-order valence-electron chi connectivity index (χ2n) is 5.69. The second kappa shape index (κ2) is 7.94. The van der Waals surface area contributed by atoms with E-state index in [9.17, 15) is 9.59 Å². The molecule has 2 amide bonds. The number of rotatable bonds is 6. The molecular formula is C16H24N4O3. The predicted molar refractivity (Wildman–Crippen MR) is 89.4 cm³/mol. The van der Waals surface area contributed by atoms with Crippen molar-refractivity contribution in [3.05, 3.63) is 24.3 Å². The van der Waals surface area contributed by atoms with E-state index < -0.39 is 11.9 Å². The van der Waals surface area contributed by atoms with E-state index in [1.807, 2.05) is 24.3 Å². The molecule has 0 aliphatic carbocycles. The second-order valence-corrected chi connectivity index (χ2v) is 5.69. The van der Waals surface area contributed by atoms with Gasteiger partial charge in [0.15, 0.2) is 0 Å². The van der Waals surface area contributed by atoms with Crippen LogP contribution in [0.5, 0.6) is 0 Å². The number of hydrogen-bond donors (Lipinski definition) is 2. The van der Waals surface area contributed by atoms with Gasteiger partial charge in [-0.2, -0.15) is 0 Å². The average molecular weight is 320 g/mol. The van der Waals surface area contributed by atoms with Crippen molar-refractivity contribution in [1.82, 2.24) is 4.90 Å². The maximum atomic E-state index is 12.0. The molecule has 0 aromatic heterocycles. The van der Waals surface area contributed by atoms with Gasteiger partial charge in [-0.15, -0.1) is 0 Å². The van der Waals surface area contributed by atoms with E-state index in [1.165, 1.54) is 0 Å². The Hall–Kier alpha value is -2.12. The summed E-state index contributed by atoms with van der Waals surface area (Å²) < 4.78 is 5.33. The van der Waals surface area contributed by atoms with Crippen molar-refractivity contribution < 1.29 is 14.3 Å². The third-order valence-corrected chi connectivity index (χ3v) is 3.99. The van der Waals surface area contributed by atoms with E-state index in [2.05, 4.69) is 10.2 Å². The van der Waals surface area contributed by atoms with Gasteiger partial charge in [-0.1, -0.05) is 0 Å². The molecule has 1 aliphatic heterocycles. The lowest BCUT2D eigenvalue weighted by Crippen LogP contribution is -2.43. The first-order valence-corrected chi connectivity index (χ1v) is 7.69. The van der Waals surface area contributed by atoms with Crippen molar-refractivity contribution >= 4 is 23.2 Å². The van der Waals surface area contributed by atoms with Gasteiger partial charge in [-0.05, 0) is 38.2 Å². The third kappa shape index (κ3) is 4.94. The monoisotopic (exact) mass is 320 g/mol. The predicted octanol–water partition coefficient (Wildman–Crippen LogP) is 0.267. The van der Waals surface area contributed by atoms with Crippen molar-refractivity contribution in [3.63, 3.8) is 0 Å². The summed E-state index contributed by atoms with van der Waals surface area (Å²) in [5, 5.41) is 2.82. The average Bonchev–Trinajstić information content (AvgIpc) is 2.55. The number of likely N-dealkylation sites (N-methyl/N-ethyl adjacent to an activating group) is 1. The fourth-order valence-corrected chi connectivity index (χ4v) is 2.36. The summed E-state index contributed by atoms with van der Waals surface area (Å²) in [5.74, 6) is -0.630. The van der Waals surface area contributed by atoms with Gasteiger partial charge in [0.2, 0.25) is 11.8 Å². The van der Waals surface area contributed by atoms with Gasteiger partial charge in [-0.25, -0.2) is 0 Å². The van der Waals surface area contributed by atoms with Crippen molar-refractivity contribution in [2.24, 2.45) is 5.73 Å². The molecule has 0 saturated carbocycles. The molecule has 1 unspecified atom stereocenters. The van der Waals surface area contributed by atoms with Gasteiger partial charge in [0.25, 0.3) is 0 Å². The third-order valence-electron chi connectivity index (χ3n) is 3.99. The molecule has 1 aromatic carbocycles. The molecule has 3 N–H and O–H groups in total. The lowest BCUT2D eigenvalue weighted by molar-refractivity contribution is -0.123. The number of amides is 2. The fraction of sp³-hybridized carbons (Fsp3) is 0.500. The molecule has 126 valence electrons. The van der Waals surface area contributed by atoms with E-state index in [0.29, 0.717) is 0 Å². The zero-order valence-corrected chi connectivity index (χ0v) is 13.6. The minimum Gasteiger partial charge on any atom is -0.378 e. The van der Waals surface area contributed by atoms with Crippen LogP contribution >= 0.6 is 0 Å². The topological polar surface area (TPSA) is 87.9 Å². The number of carbonyl (C=O) groups excluding carboxylic acids is 2. The molecule has 0 bridgehead atoms. The number of morpholine rings is 1. The van der Waals surface area contributed by atoms with Gasteiger partial charge >= 0.3 is 0 Å². The summed E-state index contributed by atoms with van der Waals surface area (Å²) in [6, 6.07) is 7.23. The zero-order chi connectivity index (χ0) is 16.8. The Bertz CT molecular complexity index is 541. The number of carbonyl (C=O) groups is 2. The molecule has 1 atom stereocenters. The highest BCUT2D eigenvalue weighted by atomic mass is 16.5. The van der Waals surface area contributed by atoms with Crippen molar-refractivity contribution in [2.45, 2.75) is 13.0 Å². The number of anilines is 2. The number of primary amides is 1. The van der Waals surface area contributed by atoms with E-state index in [0.717, 1.165) is 37.7 Å². The van der Waals surface area contributed by atoms with Crippen LogP contribution in [-0.4, -0.2) is 62.7 Å². The smallest absolute Gasteiger partial charge is 0.238 e. The molecular weight excluding hydrogens is 296 g/mol. The first-order valence-electron chi connectivity index (χ1n) is 7.69. The summed E-state index contributed by atoms with van der Waals surface area (Å²) in [4.78, 5) is 27.0. The van der Waals surface area contributed by atoms with Crippen LogP contribution < -0.4 is 16.0 Å². The highest BCUT2D eigenvalue weighted by Gasteiger charge is 2.17. The molecule has 0 radical (unpaired) electrons. The summed E-state index contributed by atoms with van der Waals surface area (Å²) in [5.41, 5.74) is 7.07. The van der Waals surface area contributed by atoms with Crippen molar-refractivity contribution in [1.29, 1.82) is 0 Å². The summed E-state index contributed by atoms with van der Waals surface area (Å²) in [6.07, 6.45) is 0. The van der Waals surface area contributed by atoms with Crippen LogP contribution in [0.25, 0.3) is 0 Å². The normalized spacial score (nSPS) is 16.2. The van der Waals surface area contributed by atoms with Crippen LogP contribution in [0.1, 0.15) is 6.92 Å². The van der Waals surface area contributed by atoms with E-state index in [-0.39, 0.29) is 12.5 Å². The molecule has 1 heterocycles. The van der Waals surface area contributed by atoms with E-state index in [4.69, 9.17) is 10.5 Å². The molecule has 0 spiro atoms. The van der Waals surface area contributed by atoms with Gasteiger partial charge < -0.3 is 20.7 Å². The Morgan fingerprint density at radius 3 is 2.48 bits per heavy atom. The fourth-order valence-electron chi connectivity index (χ4n) is 2.36. The Kier molecular flexibility index (Phi) is 5.95. The number of nitrogens with two attached hydrogens (primary N) is 1. The highest BCUT2D eigenvalue weighted by Crippen LogP contribution is 2.19. The van der Waals surface area contributed by atoms with Crippen molar-refractivity contribution in [2.75, 3.05) is 50.1 Å². The summed E-state index contributed by atoms with van der Waals surface area (Å²) >= 11 is 0. The lowest BCUT2D eigenvalue weighted by atomic mass is 10.2. The first-order chi connectivity index (χ1) is 11.0. The minimum absolute atomic E-state index is 0.106. The van der Waals surface area contributed by atoms with Gasteiger partial charge in [-0.3, -0.25) is 14.5 Å². The van der Waals surface area contributed by atoms with Crippen LogP contribution in [0.15, 0.2) is 24.3 Å². The summed E-state index contributed by atoms with van der Waals surface area (Å²) in [7, 11) is 1.69. The largest absolute Gasteiger partial charge is 0.378 e. The Balaban J connectivity index is 1.87. The molecule has 1 fully saturated rings. The van der Waals surface area contributed by atoms with Crippen LogP contribution in [0.4, 0.5) is 11.4 Å². The molecule has 7 nitrogen and oxygen atoms in total. The lowest BCUT2D eigenvalue weighted by Gasteiger charge is -2.29. The number of nitrogens with one attached hydrogen (secondary N) is 1. The van der Waals surface area contributed by atoms with Crippen LogP contribution in [0, 0.1) is 0 Å². The Labute approximate surface area is 136 Å². The van der Waals surface area contributed by atoms with E-state index >= 15 is 0 Å². The molecule has 1 aromatic rings. The Morgan fingerprint density at radius 2 is 1.91 bits per heavy atom. The molecule has 2 rings (SSSR count). The van der Waals surface area contributed by atoms with Gasteiger partial charge in [0, 0.05) is 24.5 Å².